The number of para-hydroxylation sites is 4. The summed E-state index contributed by atoms with van der Waals surface area (Å²) in [7, 11) is 0. The Morgan fingerprint density at radius 1 is 0.547 bits per heavy atom. The molecule has 366 valence electrons. The van der Waals surface area contributed by atoms with E-state index in [0.29, 0.717) is 38.9 Å². The van der Waals surface area contributed by atoms with Crippen molar-refractivity contribution in [1.29, 1.82) is 0 Å². The first-order valence-electron chi connectivity index (χ1n) is 32.6. The van der Waals surface area contributed by atoms with Crippen LogP contribution in [0, 0.1) is 12.1 Å². The Morgan fingerprint density at radius 2 is 1.13 bits per heavy atom. The summed E-state index contributed by atoms with van der Waals surface area (Å²) in [6.45, 7) is -5.39. The molecule has 6 nitrogen and oxygen atoms in total. The Bertz CT molecular complexity index is 5200. The van der Waals surface area contributed by atoms with E-state index in [2.05, 4.69) is 39.0 Å². The predicted molar refractivity (Wildman–Crippen MR) is 303 cm³/mol. The second kappa shape index (κ2) is 17.4. The zero-order valence-electron chi connectivity index (χ0n) is 57.5. The van der Waals surface area contributed by atoms with Gasteiger partial charge < -0.3 is 13.9 Å². The predicted octanol–water partition coefficient (Wildman–Crippen LogP) is 16.8. The molecule has 7 heteroatoms. The molecular formula is C68H52N5OPt-. The van der Waals surface area contributed by atoms with E-state index in [4.69, 9.17) is 12.5 Å². The molecule has 0 N–H and O–H groups in total. The van der Waals surface area contributed by atoms with Crippen LogP contribution in [0.1, 0.15) is 75.8 Å². The van der Waals surface area contributed by atoms with Crippen LogP contribution < -0.4 is 9.30 Å². The van der Waals surface area contributed by atoms with Crippen LogP contribution >= 0.6 is 0 Å². The second-order valence-corrected chi connectivity index (χ2v) is 19.6. The standard InChI is InChI=1S/C68H52N5O.Pt/c1-67(2,3)43-35-36-69-64(37-43)73-61-31-16-13-27-54(61)55-34-33-47(41-63(55)73)74-46-20-17-19-44(38-46)70-42-71-65-57(51-24-10-8-22-49(51)48-21-7-9-23-50(48)56-28-18-32-62(70)66(56)71)39-45(40-58(65)68(4,5)6)72-59-29-14-11-25-52(59)53-26-12-15-30-60(53)72;/h7-37,39-40,42H,1-6H3;/q-1;/i4D3,5D3,6D3,7D,8D,9D,10D,21D,22D,23D,24D;. The first-order chi connectivity index (χ1) is 43.0. The number of rotatable bonds is 5. The molecule has 0 bridgehead atoms. The SMILES string of the molecule is [2H]c1c([2H])c([2H])c2c(c1[2H])-c1cc(-n3c4ccccc4c4ccccc43)cc(C(C([2H])([2H])[2H])(C([2H])([2H])[2H])C([2H])([2H])[2H])c1-[n+]1cn(-c3[c-]c(Oc4[c-]c5c(cc4)c4ccccc4n5-c4cc(C(C)(C)C)ccn4)ccc3)c3cccc(c31)-c1c([2H])c([2H])c([2H])c([2H])c1-2.[Pt]. The summed E-state index contributed by atoms with van der Waals surface area (Å²) in [5.74, 6) is 1.16. The number of benzene rings is 9. The van der Waals surface area contributed by atoms with Gasteiger partial charge in [0.05, 0.1) is 22.0 Å². The third kappa shape index (κ3) is 7.41. The van der Waals surface area contributed by atoms with Crippen LogP contribution in [0.5, 0.6) is 11.5 Å². The Hall–Kier alpha value is -8.31. The maximum Gasteiger partial charge on any atom is 0.253 e. The number of hydrogen-bond donors (Lipinski definition) is 0. The number of hydrogen-bond acceptors (Lipinski definition) is 2. The topological polar surface area (TPSA) is 40.8 Å². The van der Waals surface area contributed by atoms with Crippen molar-refractivity contribution in [3.63, 3.8) is 0 Å². The maximum absolute atomic E-state index is 10.0. The fourth-order valence-corrected chi connectivity index (χ4v) is 10.8. The van der Waals surface area contributed by atoms with E-state index in [-0.39, 0.29) is 76.9 Å². The molecule has 0 spiro atoms. The van der Waals surface area contributed by atoms with Gasteiger partial charge >= 0.3 is 0 Å². The summed E-state index contributed by atoms with van der Waals surface area (Å²) < 4.78 is 174. The van der Waals surface area contributed by atoms with Crippen LogP contribution in [0.2, 0.25) is 0 Å². The van der Waals surface area contributed by atoms with Gasteiger partial charge in [0.15, 0.2) is 11.0 Å². The van der Waals surface area contributed by atoms with Gasteiger partial charge in [-0.05, 0) is 98.6 Å². The van der Waals surface area contributed by atoms with E-state index < -0.39 is 96.7 Å². The fraction of sp³-hybridized carbons (Fsp3) is 0.118. The molecule has 1 aliphatic rings. The average molecular weight is 1170 g/mol. The molecule has 0 radical (unpaired) electrons. The molecule has 0 saturated heterocycles. The van der Waals surface area contributed by atoms with Gasteiger partial charge in [-0.2, -0.15) is 16.7 Å². The summed E-state index contributed by atoms with van der Waals surface area (Å²) in [6, 6.07) is 43.7. The summed E-state index contributed by atoms with van der Waals surface area (Å²) >= 11 is 0. The monoisotopic (exact) mass is 1170 g/mol. The van der Waals surface area contributed by atoms with Gasteiger partial charge in [0, 0.05) is 95.5 Å². The first-order valence-corrected chi connectivity index (χ1v) is 24.1. The van der Waals surface area contributed by atoms with Crippen molar-refractivity contribution in [2.24, 2.45) is 0 Å². The molecule has 1 aliphatic heterocycles. The van der Waals surface area contributed by atoms with Crippen molar-refractivity contribution >= 4 is 54.6 Å². The number of imidazole rings is 1. The Morgan fingerprint density at radius 3 is 1.80 bits per heavy atom. The minimum absolute atomic E-state index is 0. The summed E-state index contributed by atoms with van der Waals surface area (Å²) in [5, 5.41) is 3.26. The molecule has 0 saturated carbocycles. The second-order valence-electron chi connectivity index (χ2n) is 19.6. The number of nitrogens with zero attached hydrogens (tertiary/aromatic N) is 5. The van der Waals surface area contributed by atoms with E-state index in [9.17, 15) is 20.6 Å². The zero-order chi connectivity index (χ0) is 64.5. The molecule has 0 aliphatic carbocycles. The molecule has 0 fully saturated rings. The molecule has 13 aromatic rings. The summed E-state index contributed by atoms with van der Waals surface area (Å²) in [6.07, 6.45) is 3.24. The summed E-state index contributed by atoms with van der Waals surface area (Å²) in [5.41, 5.74) is -2.85. The van der Waals surface area contributed by atoms with E-state index in [1.165, 1.54) is 29.1 Å². The Balaban J connectivity index is 0.00000773. The minimum Gasteiger partial charge on any atom is -0.509 e. The van der Waals surface area contributed by atoms with E-state index in [1.807, 2.05) is 65.2 Å². The minimum atomic E-state index is -3.93. The smallest absolute Gasteiger partial charge is 0.253 e. The van der Waals surface area contributed by atoms with Gasteiger partial charge in [-0.25, -0.2) is 9.55 Å². The third-order valence-electron chi connectivity index (χ3n) is 14.1. The Kier molecular flexibility index (Phi) is 7.29. The normalized spacial score (nSPS) is 16.1. The van der Waals surface area contributed by atoms with Crippen LogP contribution in [0.4, 0.5) is 0 Å². The summed E-state index contributed by atoms with van der Waals surface area (Å²) in [4.78, 5) is 4.81. The van der Waals surface area contributed by atoms with Crippen molar-refractivity contribution in [2.75, 3.05) is 0 Å². The number of aromatic nitrogens is 5. The first kappa shape index (κ1) is 31.4. The molecule has 14 rings (SSSR count). The number of fused-ring (bicyclic) bond motifs is 13. The molecule has 0 atom stereocenters. The van der Waals surface area contributed by atoms with Gasteiger partial charge in [-0.3, -0.25) is 0 Å². The molecule has 9 aromatic carbocycles. The van der Waals surface area contributed by atoms with Crippen LogP contribution in [0.3, 0.4) is 0 Å². The van der Waals surface area contributed by atoms with Gasteiger partial charge in [-0.15, -0.1) is 29.7 Å². The van der Waals surface area contributed by atoms with Gasteiger partial charge in [0.2, 0.25) is 0 Å². The maximum atomic E-state index is 10.0. The van der Waals surface area contributed by atoms with Crippen LogP contribution in [0.25, 0.3) is 111 Å². The zero-order valence-corrected chi connectivity index (χ0v) is 42.7. The largest absolute Gasteiger partial charge is 0.509 e. The van der Waals surface area contributed by atoms with E-state index >= 15 is 0 Å². The number of pyridine rings is 1. The fourth-order valence-electron chi connectivity index (χ4n) is 10.8. The molecule has 0 amide bonds. The molecule has 75 heavy (non-hydrogen) atoms. The average Bonchev–Trinajstić information content (AvgIpc) is 1.56. The van der Waals surface area contributed by atoms with Gasteiger partial charge in [0.25, 0.3) is 6.33 Å². The third-order valence-corrected chi connectivity index (χ3v) is 14.1. The van der Waals surface area contributed by atoms with Crippen molar-refractivity contribution < 1.29 is 53.7 Å². The molecule has 4 aromatic heterocycles. The van der Waals surface area contributed by atoms with E-state index in [1.54, 1.807) is 76.0 Å². The quantitative estimate of drug-likeness (QED) is 0.127. The van der Waals surface area contributed by atoms with Crippen molar-refractivity contribution in [3.05, 3.63) is 230 Å². The molecule has 5 heterocycles. The van der Waals surface area contributed by atoms with Crippen LogP contribution in [-0.2, 0) is 31.9 Å². The molecular weight excluding hydrogens is 1100 g/mol. The van der Waals surface area contributed by atoms with Gasteiger partial charge in [0.1, 0.15) is 11.5 Å². The molecule has 0 unspecified atom stereocenters. The van der Waals surface area contributed by atoms with Gasteiger partial charge in [-0.1, -0.05) is 162 Å². The van der Waals surface area contributed by atoms with Crippen LogP contribution in [-0.4, -0.2) is 18.7 Å². The van der Waals surface area contributed by atoms with Crippen LogP contribution in [0.15, 0.2) is 206 Å². The van der Waals surface area contributed by atoms with Crippen molar-refractivity contribution in [2.45, 2.75) is 52.2 Å². The van der Waals surface area contributed by atoms with Crippen molar-refractivity contribution in [3.8, 4) is 67.8 Å². The van der Waals surface area contributed by atoms with E-state index in [0.717, 1.165) is 21.9 Å². The number of ether oxygens (including phenoxy) is 1. The van der Waals surface area contributed by atoms with Crippen molar-refractivity contribution in [1.82, 2.24) is 18.7 Å². The Labute approximate surface area is 474 Å².